The minimum atomic E-state index is -1.03. The van der Waals surface area contributed by atoms with E-state index in [2.05, 4.69) is 0 Å². The van der Waals surface area contributed by atoms with Crippen LogP contribution in [0.1, 0.15) is 31.4 Å². The molecule has 1 aromatic rings. The molecule has 0 spiro atoms. The van der Waals surface area contributed by atoms with Gasteiger partial charge >= 0.3 is 0 Å². The number of aromatic nitrogens is 1. The number of carbonyl (C=O) groups excluding carboxylic acids is 2. The van der Waals surface area contributed by atoms with Gasteiger partial charge in [0.25, 0.3) is 5.91 Å². The number of rotatable bonds is 7. The van der Waals surface area contributed by atoms with Gasteiger partial charge in [0.2, 0.25) is 0 Å². The van der Waals surface area contributed by atoms with Gasteiger partial charge in [-0.2, -0.15) is 0 Å². The Morgan fingerprint density at radius 3 is 2.82 bits per heavy atom. The Morgan fingerprint density at radius 1 is 1.41 bits per heavy atom. The summed E-state index contributed by atoms with van der Waals surface area (Å²) in [5, 5.41) is 10.3. The maximum absolute atomic E-state index is 12.4. The Morgan fingerprint density at radius 2 is 2.18 bits per heavy atom. The van der Waals surface area contributed by atoms with Crippen LogP contribution in [0.3, 0.4) is 0 Å². The van der Waals surface area contributed by atoms with Crippen LogP contribution in [-0.4, -0.2) is 32.2 Å². The zero-order valence-corrected chi connectivity index (χ0v) is 13.9. The van der Waals surface area contributed by atoms with Gasteiger partial charge in [-0.05, 0) is 37.5 Å². The van der Waals surface area contributed by atoms with Crippen molar-refractivity contribution in [2.75, 3.05) is 6.54 Å². The molecule has 0 aliphatic carbocycles. The molecule has 1 saturated heterocycles. The van der Waals surface area contributed by atoms with Crippen LogP contribution in [0.25, 0.3) is 6.08 Å². The third-order valence-corrected chi connectivity index (χ3v) is 4.78. The van der Waals surface area contributed by atoms with Gasteiger partial charge in [-0.25, -0.2) is 0 Å². The monoisotopic (exact) mass is 337 g/mol. The minimum Gasteiger partial charge on any atom is -0.550 e. The highest BCUT2D eigenvalue weighted by molar-refractivity contribution is 8.26. The molecule has 0 radical (unpaired) electrons. The average molecular weight is 337 g/mol. The number of nitrogens with zero attached hydrogens (tertiary/aromatic N) is 2. The minimum absolute atomic E-state index is 0.0613. The second-order valence-corrected chi connectivity index (χ2v) is 6.74. The first kappa shape index (κ1) is 16.8. The number of carboxylic acids is 1. The van der Waals surface area contributed by atoms with Crippen molar-refractivity contribution in [2.45, 2.75) is 25.7 Å². The van der Waals surface area contributed by atoms with Crippen molar-refractivity contribution in [3.05, 3.63) is 28.9 Å². The zero-order chi connectivity index (χ0) is 16.1. The van der Waals surface area contributed by atoms with Gasteiger partial charge in [-0.15, -0.1) is 0 Å². The Bertz CT molecular complexity index is 622. The molecule has 1 aliphatic rings. The van der Waals surface area contributed by atoms with Gasteiger partial charge in [-0.1, -0.05) is 30.4 Å². The largest absolute Gasteiger partial charge is 0.550 e. The van der Waals surface area contributed by atoms with E-state index in [1.807, 2.05) is 36.0 Å². The lowest BCUT2D eigenvalue weighted by atomic mass is 10.2. The molecule has 118 valence electrons. The topological polar surface area (TPSA) is 65.4 Å². The number of aliphatic carboxylic acids is 1. The lowest BCUT2D eigenvalue weighted by Crippen LogP contribution is -2.29. The van der Waals surface area contributed by atoms with Gasteiger partial charge in [0.05, 0.1) is 4.91 Å². The Hall–Kier alpha value is -1.60. The molecule has 1 aliphatic heterocycles. The number of carboxylic acid groups (broad SMARTS) is 1. The first-order chi connectivity index (χ1) is 10.5. The second kappa shape index (κ2) is 7.60. The number of amides is 1. The summed E-state index contributed by atoms with van der Waals surface area (Å²) in [5.41, 5.74) is 0.953. The first-order valence-corrected chi connectivity index (χ1v) is 8.28. The molecule has 0 unspecified atom stereocenters. The highest BCUT2D eigenvalue weighted by atomic mass is 32.2. The van der Waals surface area contributed by atoms with Crippen molar-refractivity contribution < 1.29 is 14.7 Å². The first-order valence-electron chi connectivity index (χ1n) is 7.05. The van der Waals surface area contributed by atoms with Gasteiger partial charge in [0.15, 0.2) is 0 Å². The molecule has 22 heavy (non-hydrogen) atoms. The van der Waals surface area contributed by atoms with Crippen LogP contribution >= 0.6 is 24.0 Å². The third-order valence-electron chi connectivity index (χ3n) is 3.40. The molecule has 7 heteroatoms. The summed E-state index contributed by atoms with van der Waals surface area (Å²) in [6.45, 7) is 0.530. The molecule has 0 atom stereocenters. The van der Waals surface area contributed by atoms with Crippen molar-refractivity contribution in [3.8, 4) is 0 Å². The van der Waals surface area contributed by atoms with E-state index in [1.165, 1.54) is 11.8 Å². The van der Waals surface area contributed by atoms with Crippen molar-refractivity contribution >= 4 is 46.3 Å². The van der Waals surface area contributed by atoms with E-state index >= 15 is 0 Å². The quantitative estimate of drug-likeness (QED) is 0.429. The Balaban J connectivity index is 1.90. The van der Waals surface area contributed by atoms with Crippen molar-refractivity contribution in [2.24, 2.45) is 7.05 Å². The number of unbranched alkanes of at least 4 members (excludes halogenated alkanes) is 2. The van der Waals surface area contributed by atoms with E-state index in [0.717, 1.165) is 18.5 Å². The third kappa shape index (κ3) is 4.20. The van der Waals surface area contributed by atoms with Crippen molar-refractivity contribution in [1.29, 1.82) is 0 Å². The van der Waals surface area contributed by atoms with Crippen LogP contribution < -0.4 is 5.11 Å². The molecule has 0 saturated carbocycles. The molecule has 0 N–H and O–H groups in total. The normalized spacial score (nSPS) is 16.8. The van der Waals surface area contributed by atoms with Crippen LogP contribution in [0, 0.1) is 0 Å². The molecular weight excluding hydrogens is 320 g/mol. The van der Waals surface area contributed by atoms with Crippen LogP contribution in [0.5, 0.6) is 0 Å². The number of aryl methyl sites for hydroxylation is 1. The van der Waals surface area contributed by atoms with Gasteiger partial charge in [0, 0.05) is 31.5 Å². The number of hydrogen-bond acceptors (Lipinski definition) is 5. The number of thioether (sulfide) groups is 1. The summed E-state index contributed by atoms with van der Waals surface area (Å²) in [6, 6.07) is 3.86. The van der Waals surface area contributed by atoms with Crippen LogP contribution in [0.4, 0.5) is 0 Å². The fourth-order valence-corrected chi connectivity index (χ4v) is 3.46. The van der Waals surface area contributed by atoms with Gasteiger partial charge in [0.1, 0.15) is 4.32 Å². The Kier molecular flexibility index (Phi) is 5.79. The summed E-state index contributed by atoms with van der Waals surface area (Å²) in [7, 11) is 1.92. The van der Waals surface area contributed by atoms with Crippen LogP contribution in [0.2, 0.25) is 0 Å². The zero-order valence-electron chi connectivity index (χ0n) is 12.3. The fraction of sp³-hybridized carbons (Fsp3) is 0.400. The molecule has 1 amide bonds. The molecule has 1 aromatic heterocycles. The van der Waals surface area contributed by atoms with Gasteiger partial charge in [-0.3, -0.25) is 9.69 Å². The van der Waals surface area contributed by atoms with Crippen molar-refractivity contribution in [1.82, 2.24) is 9.47 Å². The maximum atomic E-state index is 12.4. The van der Waals surface area contributed by atoms with E-state index in [1.54, 1.807) is 4.90 Å². The molecule has 0 aromatic carbocycles. The highest BCUT2D eigenvalue weighted by Gasteiger charge is 2.31. The summed E-state index contributed by atoms with van der Waals surface area (Å²) < 4.78 is 2.50. The molecule has 2 rings (SSSR count). The fourth-order valence-electron chi connectivity index (χ4n) is 2.17. The van der Waals surface area contributed by atoms with E-state index in [4.69, 9.17) is 12.2 Å². The molecule has 1 fully saturated rings. The maximum Gasteiger partial charge on any atom is 0.266 e. The lowest BCUT2D eigenvalue weighted by Gasteiger charge is -2.14. The van der Waals surface area contributed by atoms with Crippen LogP contribution in [-0.2, 0) is 16.6 Å². The molecule has 2 heterocycles. The molecule has 5 nitrogen and oxygen atoms in total. The standard InChI is InChI=1S/C15H18N2O3S2/c1-16-8-5-6-11(16)10-12-14(20)17(15(21)22-12)9-4-2-3-7-13(18)19/h5-6,8,10H,2-4,7,9H2,1H3,(H,18,19)/p-1/b12-10+. The van der Waals surface area contributed by atoms with E-state index < -0.39 is 5.97 Å². The molecule has 0 bridgehead atoms. The van der Waals surface area contributed by atoms with E-state index in [-0.39, 0.29) is 12.3 Å². The highest BCUT2D eigenvalue weighted by Crippen LogP contribution is 2.32. The summed E-state index contributed by atoms with van der Waals surface area (Å²) in [4.78, 5) is 24.9. The summed E-state index contributed by atoms with van der Waals surface area (Å²) in [6.07, 6.45) is 5.86. The predicted molar refractivity (Wildman–Crippen MR) is 88.8 cm³/mol. The molecular formula is C15H17N2O3S2-. The van der Waals surface area contributed by atoms with E-state index in [0.29, 0.717) is 22.2 Å². The van der Waals surface area contributed by atoms with Crippen molar-refractivity contribution in [3.63, 3.8) is 0 Å². The number of thiocarbonyl (C=S) groups is 1. The lowest BCUT2D eigenvalue weighted by molar-refractivity contribution is -0.305. The van der Waals surface area contributed by atoms with E-state index in [9.17, 15) is 14.7 Å². The van der Waals surface area contributed by atoms with Gasteiger partial charge < -0.3 is 14.5 Å². The second-order valence-electron chi connectivity index (χ2n) is 5.06. The summed E-state index contributed by atoms with van der Waals surface area (Å²) in [5.74, 6) is -1.10. The summed E-state index contributed by atoms with van der Waals surface area (Å²) >= 11 is 6.57. The average Bonchev–Trinajstić information content (AvgIpc) is 2.96. The smallest absolute Gasteiger partial charge is 0.266 e. The number of hydrogen-bond donors (Lipinski definition) is 0. The number of carbonyl (C=O) groups is 2. The Labute approximate surface area is 139 Å². The van der Waals surface area contributed by atoms with Crippen LogP contribution in [0.15, 0.2) is 23.2 Å². The SMILES string of the molecule is Cn1cccc1/C=C1/SC(=S)N(CCCCCC(=O)[O-])C1=O. The predicted octanol–water partition coefficient (Wildman–Crippen LogP) is 1.54.